The Hall–Kier alpha value is -3.35. The van der Waals surface area contributed by atoms with Crippen molar-refractivity contribution in [3.05, 3.63) is 52.7 Å². The molecule has 0 radical (unpaired) electrons. The average Bonchev–Trinajstić information content (AvgIpc) is 3.45. The van der Waals surface area contributed by atoms with Gasteiger partial charge in [0.05, 0.1) is 41.3 Å². The van der Waals surface area contributed by atoms with Gasteiger partial charge in [0.2, 0.25) is 5.91 Å². The summed E-state index contributed by atoms with van der Waals surface area (Å²) in [6.07, 6.45) is 0. The van der Waals surface area contributed by atoms with Crippen molar-refractivity contribution in [1.82, 2.24) is 20.2 Å². The van der Waals surface area contributed by atoms with Crippen LogP contribution in [0.1, 0.15) is 28.0 Å². The molecule has 12 heteroatoms. The van der Waals surface area contributed by atoms with Crippen LogP contribution in [-0.4, -0.2) is 51.5 Å². The van der Waals surface area contributed by atoms with Gasteiger partial charge in [-0.2, -0.15) is 0 Å². The van der Waals surface area contributed by atoms with Gasteiger partial charge in [0, 0.05) is 0 Å². The van der Waals surface area contributed by atoms with E-state index in [9.17, 15) is 9.59 Å². The van der Waals surface area contributed by atoms with Gasteiger partial charge in [-0.3, -0.25) is 4.79 Å². The van der Waals surface area contributed by atoms with Crippen molar-refractivity contribution in [3.8, 4) is 26.9 Å². The maximum atomic E-state index is 12.4. The number of hydrogen-bond acceptors (Lipinski definition) is 11. The second-order valence-electron chi connectivity index (χ2n) is 7.38. The van der Waals surface area contributed by atoms with Crippen molar-refractivity contribution in [2.24, 2.45) is 0 Å². The Morgan fingerprint density at radius 1 is 1.03 bits per heavy atom. The number of esters is 1. The lowest BCUT2D eigenvalue weighted by molar-refractivity contribution is -0.113. The molecular weight excluding hydrogens is 518 g/mol. The number of carbonyl (C=O) groups is 2. The summed E-state index contributed by atoms with van der Waals surface area (Å²) in [6.45, 7) is 5.66. The molecule has 1 N–H and O–H groups in total. The fraction of sp³-hybridized carbons (Fsp3) is 0.250. The quantitative estimate of drug-likeness (QED) is 0.224. The molecule has 0 aliphatic carbocycles. The molecule has 36 heavy (non-hydrogen) atoms. The second kappa shape index (κ2) is 11.6. The number of nitrogens with zero attached hydrogens (tertiary/aromatic N) is 4. The first-order valence-electron chi connectivity index (χ1n) is 10.9. The SMILES string of the molecule is CCOC(=O)c1sc(NC(=O)CSc2ccc(-c3sc(-c4ccccc4OC)nc3C)nn2)nc1C. The van der Waals surface area contributed by atoms with Crippen LogP contribution in [0.15, 0.2) is 41.4 Å². The summed E-state index contributed by atoms with van der Waals surface area (Å²) >= 11 is 3.88. The van der Waals surface area contributed by atoms with Gasteiger partial charge in [0.1, 0.15) is 26.4 Å². The monoisotopic (exact) mass is 541 g/mol. The molecule has 0 atom stereocenters. The van der Waals surface area contributed by atoms with Crippen LogP contribution in [0.4, 0.5) is 5.13 Å². The Kier molecular flexibility index (Phi) is 8.28. The minimum absolute atomic E-state index is 0.124. The van der Waals surface area contributed by atoms with E-state index in [-0.39, 0.29) is 18.3 Å². The van der Waals surface area contributed by atoms with Crippen LogP contribution >= 0.6 is 34.4 Å². The number of para-hydroxylation sites is 1. The summed E-state index contributed by atoms with van der Waals surface area (Å²) < 4.78 is 10.5. The van der Waals surface area contributed by atoms with E-state index in [0.29, 0.717) is 26.4 Å². The standard InChI is InChI=1S/C24H23N5O4S3/c1-5-33-23(31)21-14(3)26-24(36-21)27-18(30)12-34-19-11-10-16(28-29-19)20-13(2)25-22(35-20)15-8-6-7-9-17(15)32-4/h6-11H,5,12H2,1-4H3,(H,26,27,30). The Morgan fingerprint density at radius 3 is 2.56 bits per heavy atom. The molecule has 0 saturated carbocycles. The number of carbonyl (C=O) groups excluding carboxylic acids is 2. The molecule has 0 unspecified atom stereocenters. The minimum atomic E-state index is -0.441. The molecule has 3 heterocycles. The fourth-order valence-electron chi connectivity index (χ4n) is 3.22. The normalized spacial score (nSPS) is 10.8. The van der Waals surface area contributed by atoms with Crippen LogP contribution in [0.25, 0.3) is 21.1 Å². The van der Waals surface area contributed by atoms with Gasteiger partial charge in [-0.25, -0.2) is 14.8 Å². The molecule has 4 rings (SSSR count). The van der Waals surface area contributed by atoms with E-state index in [1.165, 1.54) is 23.1 Å². The van der Waals surface area contributed by atoms with Crippen LogP contribution < -0.4 is 10.1 Å². The maximum Gasteiger partial charge on any atom is 0.350 e. The number of methoxy groups -OCH3 is 1. The third-order valence-corrected chi connectivity index (χ3v) is 8.05. The van der Waals surface area contributed by atoms with E-state index in [1.807, 2.05) is 43.3 Å². The molecule has 1 amide bonds. The van der Waals surface area contributed by atoms with Gasteiger partial charge < -0.3 is 14.8 Å². The number of ether oxygens (including phenoxy) is 2. The third-order valence-electron chi connectivity index (χ3n) is 4.86. The van der Waals surface area contributed by atoms with Crippen molar-refractivity contribution in [1.29, 1.82) is 0 Å². The first-order chi connectivity index (χ1) is 17.4. The molecule has 3 aromatic heterocycles. The van der Waals surface area contributed by atoms with Crippen LogP contribution in [-0.2, 0) is 9.53 Å². The summed E-state index contributed by atoms with van der Waals surface area (Å²) in [6, 6.07) is 11.4. The van der Waals surface area contributed by atoms with Gasteiger partial charge in [-0.05, 0) is 45.0 Å². The predicted molar refractivity (Wildman–Crippen MR) is 142 cm³/mol. The van der Waals surface area contributed by atoms with Crippen molar-refractivity contribution in [2.75, 3.05) is 24.8 Å². The Balaban J connectivity index is 1.38. The largest absolute Gasteiger partial charge is 0.496 e. The number of thiazole rings is 2. The van der Waals surface area contributed by atoms with Gasteiger partial charge >= 0.3 is 5.97 Å². The molecule has 0 bridgehead atoms. The molecule has 186 valence electrons. The Bertz CT molecular complexity index is 1380. The van der Waals surface area contributed by atoms with E-state index in [2.05, 4.69) is 20.5 Å². The number of anilines is 1. The molecular formula is C24H23N5O4S3. The Morgan fingerprint density at radius 2 is 1.83 bits per heavy atom. The molecule has 0 saturated heterocycles. The maximum absolute atomic E-state index is 12.4. The molecule has 0 aliphatic heterocycles. The zero-order valence-electron chi connectivity index (χ0n) is 20.0. The Labute approximate surface area is 220 Å². The molecule has 0 aliphatic rings. The molecule has 0 spiro atoms. The lowest BCUT2D eigenvalue weighted by atomic mass is 10.2. The summed E-state index contributed by atoms with van der Waals surface area (Å²) in [5.74, 6) is 0.191. The summed E-state index contributed by atoms with van der Waals surface area (Å²) in [5.41, 5.74) is 3.02. The zero-order valence-corrected chi connectivity index (χ0v) is 22.5. The number of hydrogen-bond donors (Lipinski definition) is 1. The highest BCUT2D eigenvalue weighted by Gasteiger charge is 2.18. The highest BCUT2D eigenvalue weighted by atomic mass is 32.2. The van der Waals surface area contributed by atoms with Crippen molar-refractivity contribution in [2.45, 2.75) is 25.8 Å². The molecule has 9 nitrogen and oxygen atoms in total. The lowest BCUT2D eigenvalue weighted by Gasteiger charge is -2.04. The lowest BCUT2D eigenvalue weighted by Crippen LogP contribution is -2.14. The fourth-order valence-corrected chi connectivity index (χ4v) is 5.77. The number of rotatable bonds is 9. The second-order valence-corrected chi connectivity index (χ2v) is 10.4. The topological polar surface area (TPSA) is 116 Å². The summed E-state index contributed by atoms with van der Waals surface area (Å²) in [4.78, 5) is 34.6. The van der Waals surface area contributed by atoms with E-state index >= 15 is 0 Å². The summed E-state index contributed by atoms with van der Waals surface area (Å²) in [7, 11) is 1.64. The van der Waals surface area contributed by atoms with Crippen LogP contribution in [0.3, 0.4) is 0 Å². The van der Waals surface area contributed by atoms with Crippen LogP contribution in [0.2, 0.25) is 0 Å². The average molecular weight is 542 g/mol. The minimum Gasteiger partial charge on any atom is -0.496 e. The number of nitrogens with one attached hydrogen (secondary N) is 1. The number of aromatic nitrogens is 4. The molecule has 4 aromatic rings. The van der Waals surface area contributed by atoms with Crippen molar-refractivity contribution >= 4 is 51.4 Å². The first-order valence-corrected chi connectivity index (χ1v) is 13.5. The third kappa shape index (κ3) is 5.89. The van der Waals surface area contributed by atoms with Crippen LogP contribution in [0.5, 0.6) is 5.75 Å². The molecule has 1 aromatic carbocycles. The van der Waals surface area contributed by atoms with Gasteiger partial charge in [-0.15, -0.1) is 21.5 Å². The van der Waals surface area contributed by atoms with Gasteiger partial charge in [0.25, 0.3) is 0 Å². The van der Waals surface area contributed by atoms with Gasteiger partial charge in [0.15, 0.2) is 5.13 Å². The van der Waals surface area contributed by atoms with Crippen LogP contribution in [0, 0.1) is 13.8 Å². The first kappa shape index (κ1) is 25.7. The zero-order chi connectivity index (χ0) is 25.7. The van der Waals surface area contributed by atoms with Crippen molar-refractivity contribution in [3.63, 3.8) is 0 Å². The van der Waals surface area contributed by atoms with Gasteiger partial charge in [-0.1, -0.05) is 35.2 Å². The molecule has 0 fully saturated rings. The number of thioether (sulfide) groups is 1. The van der Waals surface area contributed by atoms with E-state index in [0.717, 1.165) is 38.2 Å². The number of benzene rings is 1. The smallest absolute Gasteiger partial charge is 0.350 e. The van der Waals surface area contributed by atoms with E-state index in [4.69, 9.17) is 14.5 Å². The van der Waals surface area contributed by atoms with E-state index < -0.39 is 5.97 Å². The number of aryl methyl sites for hydroxylation is 2. The van der Waals surface area contributed by atoms with E-state index in [1.54, 1.807) is 21.0 Å². The predicted octanol–water partition coefficient (Wildman–Crippen LogP) is 5.26. The highest BCUT2D eigenvalue weighted by Crippen LogP contribution is 2.38. The highest BCUT2D eigenvalue weighted by molar-refractivity contribution is 7.99. The summed E-state index contributed by atoms with van der Waals surface area (Å²) in [5, 5.41) is 13.1. The van der Waals surface area contributed by atoms with Crippen molar-refractivity contribution < 1.29 is 19.1 Å². The number of amides is 1.